The summed E-state index contributed by atoms with van der Waals surface area (Å²) in [4.78, 5) is 16.7. The SMILES string of the molecule is CCC.O=C(Nc1ccccn1)C1(c2ccc3c(c2)OCO3)CC1. The summed E-state index contributed by atoms with van der Waals surface area (Å²) in [5.41, 5.74) is 0.513. The number of hydrogen-bond acceptors (Lipinski definition) is 4. The molecule has 5 nitrogen and oxygen atoms in total. The van der Waals surface area contributed by atoms with Crippen molar-refractivity contribution in [2.45, 2.75) is 38.5 Å². The number of amides is 1. The number of aromatic nitrogens is 1. The van der Waals surface area contributed by atoms with Crippen LogP contribution in [0.2, 0.25) is 0 Å². The Kier molecular flexibility index (Phi) is 4.69. The third kappa shape index (κ3) is 3.20. The zero-order chi connectivity index (χ0) is 17.0. The molecular formula is C19H22N2O3. The van der Waals surface area contributed by atoms with Gasteiger partial charge in [0.05, 0.1) is 5.41 Å². The maximum absolute atomic E-state index is 12.6. The summed E-state index contributed by atoms with van der Waals surface area (Å²) in [5.74, 6) is 2.01. The Hall–Kier alpha value is -2.56. The number of hydrogen-bond donors (Lipinski definition) is 1. The molecule has 1 aromatic carbocycles. The number of ether oxygens (including phenoxy) is 2. The van der Waals surface area contributed by atoms with E-state index in [0.717, 1.165) is 24.2 Å². The lowest BCUT2D eigenvalue weighted by Gasteiger charge is -2.15. The minimum absolute atomic E-state index is 0.0138. The van der Waals surface area contributed by atoms with Crippen molar-refractivity contribution in [1.29, 1.82) is 0 Å². The van der Waals surface area contributed by atoms with E-state index in [1.807, 2.05) is 30.3 Å². The molecule has 1 N–H and O–H groups in total. The molecule has 0 unspecified atom stereocenters. The van der Waals surface area contributed by atoms with Gasteiger partial charge in [-0.05, 0) is 42.7 Å². The molecule has 1 amide bonds. The van der Waals surface area contributed by atoms with Crippen LogP contribution in [0.25, 0.3) is 0 Å². The van der Waals surface area contributed by atoms with E-state index in [-0.39, 0.29) is 12.7 Å². The highest BCUT2D eigenvalue weighted by Gasteiger charge is 2.51. The summed E-state index contributed by atoms with van der Waals surface area (Å²) < 4.78 is 10.7. The lowest BCUT2D eigenvalue weighted by molar-refractivity contribution is -0.118. The van der Waals surface area contributed by atoms with Crippen molar-refractivity contribution in [2.24, 2.45) is 0 Å². The van der Waals surface area contributed by atoms with Gasteiger partial charge in [-0.1, -0.05) is 32.4 Å². The van der Waals surface area contributed by atoms with Crippen molar-refractivity contribution in [1.82, 2.24) is 4.98 Å². The predicted octanol–water partition coefficient (Wildman–Crippen LogP) is 3.90. The molecule has 1 aliphatic carbocycles. The quantitative estimate of drug-likeness (QED) is 0.929. The zero-order valence-electron chi connectivity index (χ0n) is 14.0. The van der Waals surface area contributed by atoms with Crippen molar-refractivity contribution in [2.75, 3.05) is 12.1 Å². The molecule has 1 aliphatic heterocycles. The van der Waals surface area contributed by atoms with Crippen molar-refractivity contribution in [3.8, 4) is 11.5 Å². The molecule has 24 heavy (non-hydrogen) atoms. The van der Waals surface area contributed by atoms with Crippen molar-refractivity contribution in [3.05, 3.63) is 48.2 Å². The molecular weight excluding hydrogens is 304 g/mol. The van der Waals surface area contributed by atoms with E-state index in [1.54, 1.807) is 12.3 Å². The van der Waals surface area contributed by atoms with Crippen molar-refractivity contribution < 1.29 is 14.3 Å². The van der Waals surface area contributed by atoms with E-state index in [0.29, 0.717) is 11.6 Å². The van der Waals surface area contributed by atoms with Gasteiger partial charge < -0.3 is 14.8 Å². The van der Waals surface area contributed by atoms with Gasteiger partial charge in [-0.25, -0.2) is 4.98 Å². The molecule has 126 valence electrons. The zero-order valence-corrected chi connectivity index (χ0v) is 14.0. The van der Waals surface area contributed by atoms with Crippen LogP contribution in [0, 0.1) is 0 Å². The van der Waals surface area contributed by atoms with E-state index in [2.05, 4.69) is 24.1 Å². The van der Waals surface area contributed by atoms with Gasteiger partial charge in [-0.2, -0.15) is 0 Å². The first kappa shape index (κ1) is 16.3. The Morgan fingerprint density at radius 1 is 1.17 bits per heavy atom. The third-order valence-electron chi connectivity index (χ3n) is 4.02. The van der Waals surface area contributed by atoms with E-state index >= 15 is 0 Å². The van der Waals surface area contributed by atoms with Crippen LogP contribution in [0.1, 0.15) is 38.7 Å². The average molecular weight is 326 g/mol. The first-order valence-corrected chi connectivity index (χ1v) is 8.32. The molecule has 5 heteroatoms. The first-order valence-electron chi connectivity index (χ1n) is 8.32. The first-order chi connectivity index (χ1) is 11.7. The lowest BCUT2D eigenvalue weighted by Crippen LogP contribution is -2.28. The molecule has 0 radical (unpaired) electrons. The number of anilines is 1. The van der Waals surface area contributed by atoms with Gasteiger partial charge in [0.2, 0.25) is 12.7 Å². The van der Waals surface area contributed by atoms with Crippen LogP contribution in [0.3, 0.4) is 0 Å². The number of benzene rings is 1. The minimum atomic E-state index is -0.460. The molecule has 0 bridgehead atoms. The topological polar surface area (TPSA) is 60.5 Å². The smallest absolute Gasteiger partial charge is 0.236 e. The number of nitrogens with zero attached hydrogens (tertiary/aromatic N) is 1. The summed E-state index contributed by atoms with van der Waals surface area (Å²) >= 11 is 0. The molecule has 0 spiro atoms. The van der Waals surface area contributed by atoms with Gasteiger partial charge in [0.15, 0.2) is 11.5 Å². The second kappa shape index (κ2) is 6.91. The maximum atomic E-state index is 12.6. The number of rotatable bonds is 3. The van der Waals surface area contributed by atoms with Crippen LogP contribution in [-0.4, -0.2) is 17.7 Å². The molecule has 0 saturated heterocycles. The lowest BCUT2D eigenvalue weighted by atomic mass is 9.94. The van der Waals surface area contributed by atoms with Gasteiger partial charge in [0, 0.05) is 6.20 Å². The highest BCUT2D eigenvalue weighted by Crippen LogP contribution is 2.51. The fourth-order valence-electron chi connectivity index (χ4n) is 2.64. The molecule has 2 aliphatic rings. The highest BCUT2D eigenvalue weighted by molar-refractivity contribution is 6.00. The van der Waals surface area contributed by atoms with Gasteiger partial charge in [-0.3, -0.25) is 4.79 Å². The van der Waals surface area contributed by atoms with Crippen molar-refractivity contribution in [3.63, 3.8) is 0 Å². The Balaban J connectivity index is 0.000000526. The predicted molar refractivity (Wildman–Crippen MR) is 92.3 cm³/mol. The van der Waals surface area contributed by atoms with E-state index in [1.165, 1.54) is 6.42 Å². The number of fused-ring (bicyclic) bond motifs is 1. The van der Waals surface area contributed by atoms with E-state index < -0.39 is 5.41 Å². The van der Waals surface area contributed by atoms with Gasteiger partial charge in [0.1, 0.15) is 5.82 Å². The molecule has 1 saturated carbocycles. The Morgan fingerprint density at radius 2 is 1.92 bits per heavy atom. The number of carbonyl (C=O) groups is 1. The van der Waals surface area contributed by atoms with E-state index in [9.17, 15) is 4.79 Å². The van der Waals surface area contributed by atoms with Crippen LogP contribution in [0.5, 0.6) is 11.5 Å². The number of carbonyl (C=O) groups excluding carboxylic acids is 1. The molecule has 2 aromatic rings. The number of pyridine rings is 1. The second-order valence-corrected chi connectivity index (χ2v) is 6.03. The summed E-state index contributed by atoms with van der Waals surface area (Å²) in [6, 6.07) is 11.2. The van der Waals surface area contributed by atoms with Crippen LogP contribution in [0.4, 0.5) is 5.82 Å². The summed E-state index contributed by atoms with van der Waals surface area (Å²) in [7, 11) is 0. The van der Waals surface area contributed by atoms with Crippen LogP contribution >= 0.6 is 0 Å². The van der Waals surface area contributed by atoms with Gasteiger partial charge in [-0.15, -0.1) is 0 Å². The normalized spacial score (nSPS) is 15.9. The fourth-order valence-corrected chi connectivity index (χ4v) is 2.64. The van der Waals surface area contributed by atoms with Gasteiger partial charge in [0.25, 0.3) is 0 Å². The van der Waals surface area contributed by atoms with Crippen LogP contribution in [-0.2, 0) is 10.2 Å². The average Bonchev–Trinajstić information content (AvgIpc) is 3.28. The summed E-state index contributed by atoms with van der Waals surface area (Å²) in [6.07, 6.45) is 4.59. The Morgan fingerprint density at radius 3 is 2.58 bits per heavy atom. The maximum Gasteiger partial charge on any atom is 0.236 e. The largest absolute Gasteiger partial charge is 0.454 e. The molecule has 2 heterocycles. The fraction of sp³-hybridized carbons (Fsp3) is 0.368. The summed E-state index contributed by atoms with van der Waals surface area (Å²) in [5, 5.41) is 2.89. The van der Waals surface area contributed by atoms with Crippen molar-refractivity contribution >= 4 is 11.7 Å². The number of nitrogens with one attached hydrogen (secondary N) is 1. The Bertz CT molecular complexity index is 712. The summed E-state index contributed by atoms with van der Waals surface area (Å²) in [6.45, 7) is 4.49. The highest BCUT2D eigenvalue weighted by atomic mass is 16.7. The second-order valence-electron chi connectivity index (χ2n) is 6.03. The molecule has 4 rings (SSSR count). The monoisotopic (exact) mass is 326 g/mol. The van der Waals surface area contributed by atoms with Crippen LogP contribution in [0.15, 0.2) is 42.6 Å². The Labute approximate surface area is 142 Å². The van der Waals surface area contributed by atoms with Gasteiger partial charge >= 0.3 is 0 Å². The molecule has 0 atom stereocenters. The minimum Gasteiger partial charge on any atom is -0.454 e. The standard InChI is InChI=1S/C16H14N2O3.C3H8/c19-15(18-14-3-1-2-8-17-14)16(6-7-16)11-4-5-12-13(9-11)21-10-20-12;1-3-2/h1-5,8-9H,6-7,10H2,(H,17,18,19);3H2,1-2H3. The van der Waals surface area contributed by atoms with Crippen LogP contribution < -0.4 is 14.8 Å². The van der Waals surface area contributed by atoms with E-state index in [4.69, 9.17) is 9.47 Å². The third-order valence-corrected chi connectivity index (χ3v) is 4.02. The molecule has 1 aromatic heterocycles. The molecule has 1 fully saturated rings.